The van der Waals surface area contributed by atoms with Crippen molar-refractivity contribution in [1.29, 1.82) is 0 Å². The van der Waals surface area contributed by atoms with Crippen molar-refractivity contribution in [2.75, 3.05) is 0 Å². The number of phenolic OH excluding ortho intramolecular Hbond substituents is 1. The van der Waals surface area contributed by atoms with Crippen molar-refractivity contribution in [3.05, 3.63) is 29.3 Å². The largest absolute Gasteiger partial charge is 0.508 e. The highest BCUT2D eigenvalue weighted by Crippen LogP contribution is 2.17. The molecule has 0 radical (unpaired) electrons. The first-order chi connectivity index (χ1) is 8.32. The maximum atomic E-state index is 11.9. The zero-order chi connectivity index (χ0) is 13.9. The van der Waals surface area contributed by atoms with Gasteiger partial charge in [0.15, 0.2) is 0 Å². The number of nitrogens with one attached hydrogen (secondary N) is 1. The van der Waals surface area contributed by atoms with Crippen LogP contribution in [0.15, 0.2) is 18.2 Å². The van der Waals surface area contributed by atoms with E-state index in [0.717, 1.165) is 0 Å². The molecule has 5 nitrogen and oxygen atoms in total. The maximum absolute atomic E-state index is 11.9. The molecule has 18 heavy (non-hydrogen) atoms. The van der Waals surface area contributed by atoms with Gasteiger partial charge < -0.3 is 15.5 Å². The average molecular weight is 251 g/mol. The number of benzene rings is 1. The zero-order valence-corrected chi connectivity index (χ0v) is 10.6. The van der Waals surface area contributed by atoms with Crippen LogP contribution in [0, 0.1) is 12.8 Å². The molecule has 0 aliphatic heterocycles. The summed E-state index contributed by atoms with van der Waals surface area (Å²) >= 11 is 0. The van der Waals surface area contributed by atoms with Crippen LogP contribution in [-0.4, -0.2) is 28.1 Å². The van der Waals surface area contributed by atoms with Gasteiger partial charge in [0, 0.05) is 5.56 Å². The highest BCUT2D eigenvalue weighted by molar-refractivity contribution is 5.96. The Balaban J connectivity index is 2.87. The normalized spacial score (nSPS) is 12.2. The monoisotopic (exact) mass is 251 g/mol. The Bertz CT molecular complexity index is 468. The quantitative estimate of drug-likeness (QED) is 0.757. The minimum absolute atomic E-state index is 0.102. The number of hydrogen-bond acceptors (Lipinski definition) is 3. The van der Waals surface area contributed by atoms with Crippen LogP contribution in [0.5, 0.6) is 5.75 Å². The number of carboxylic acid groups (broad SMARTS) is 1. The van der Waals surface area contributed by atoms with Gasteiger partial charge in [0.05, 0.1) is 0 Å². The molecule has 1 aromatic carbocycles. The smallest absolute Gasteiger partial charge is 0.326 e. The molecular weight excluding hydrogens is 234 g/mol. The molecule has 0 aliphatic rings. The number of phenols is 1. The van der Waals surface area contributed by atoms with Gasteiger partial charge in [-0.25, -0.2) is 4.79 Å². The van der Waals surface area contributed by atoms with Crippen LogP contribution in [0.25, 0.3) is 0 Å². The summed E-state index contributed by atoms with van der Waals surface area (Å²) in [7, 11) is 0. The van der Waals surface area contributed by atoms with E-state index in [1.165, 1.54) is 18.2 Å². The Hall–Kier alpha value is -2.04. The first-order valence-electron chi connectivity index (χ1n) is 5.66. The van der Waals surface area contributed by atoms with E-state index < -0.39 is 17.9 Å². The summed E-state index contributed by atoms with van der Waals surface area (Å²) in [6, 6.07) is 3.46. The molecule has 1 aromatic rings. The fourth-order valence-electron chi connectivity index (χ4n) is 1.53. The minimum atomic E-state index is -1.06. The van der Waals surface area contributed by atoms with Crippen LogP contribution in [0.3, 0.4) is 0 Å². The highest BCUT2D eigenvalue weighted by Gasteiger charge is 2.23. The van der Waals surface area contributed by atoms with Gasteiger partial charge in [-0.15, -0.1) is 0 Å². The van der Waals surface area contributed by atoms with Gasteiger partial charge in [0.1, 0.15) is 11.8 Å². The Morgan fingerprint density at radius 3 is 2.33 bits per heavy atom. The molecule has 5 heteroatoms. The number of aliphatic carboxylic acids is 1. The molecule has 0 aliphatic carbocycles. The predicted molar refractivity (Wildman–Crippen MR) is 66.6 cm³/mol. The minimum Gasteiger partial charge on any atom is -0.508 e. The Labute approximate surface area is 105 Å². The molecular formula is C13H17NO4. The number of carbonyl (C=O) groups is 2. The third kappa shape index (κ3) is 3.23. The second-order valence-electron chi connectivity index (χ2n) is 4.53. The van der Waals surface area contributed by atoms with Gasteiger partial charge in [-0.2, -0.15) is 0 Å². The Kier molecular flexibility index (Phi) is 4.31. The zero-order valence-electron chi connectivity index (χ0n) is 10.6. The number of aryl methyl sites for hydroxylation is 1. The van der Waals surface area contributed by atoms with Crippen molar-refractivity contribution in [2.24, 2.45) is 5.92 Å². The van der Waals surface area contributed by atoms with Gasteiger partial charge in [0.25, 0.3) is 5.91 Å². The predicted octanol–water partition coefficient (Wildman–Crippen LogP) is 1.54. The van der Waals surface area contributed by atoms with Crippen molar-refractivity contribution in [1.82, 2.24) is 5.32 Å². The molecule has 3 N–H and O–H groups in total. The first kappa shape index (κ1) is 14.0. The summed E-state index contributed by atoms with van der Waals surface area (Å²) in [5.41, 5.74) is 0.899. The highest BCUT2D eigenvalue weighted by atomic mass is 16.4. The van der Waals surface area contributed by atoms with Crippen LogP contribution in [-0.2, 0) is 4.79 Å². The van der Waals surface area contributed by atoms with E-state index in [2.05, 4.69) is 5.32 Å². The summed E-state index contributed by atoms with van der Waals surface area (Å²) < 4.78 is 0. The fraction of sp³-hybridized carbons (Fsp3) is 0.385. The summed E-state index contributed by atoms with van der Waals surface area (Å²) in [5.74, 6) is -1.62. The van der Waals surface area contributed by atoms with Crippen molar-refractivity contribution in [3.8, 4) is 5.75 Å². The maximum Gasteiger partial charge on any atom is 0.326 e. The Morgan fingerprint density at radius 2 is 1.89 bits per heavy atom. The molecule has 0 aromatic heterocycles. The van der Waals surface area contributed by atoms with Crippen molar-refractivity contribution in [2.45, 2.75) is 26.8 Å². The van der Waals surface area contributed by atoms with Crippen molar-refractivity contribution in [3.63, 3.8) is 0 Å². The lowest BCUT2D eigenvalue weighted by molar-refractivity contribution is -0.140. The van der Waals surface area contributed by atoms with Crippen LogP contribution < -0.4 is 5.32 Å². The van der Waals surface area contributed by atoms with Crippen molar-refractivity contribution >= 4 is 11.9 Å². The molecule has 0 fully saturated rings. The van der Waals surface area contributed by atoms with E-state index in [0.29, 0.717) is 11.1 Å². The summed E-state index contributed by atoms with van der Waals surface area (Å²) in [6.45, 7) is 5.12. The van der Waals surface area contributed by atoms with Crippen molar-refractivity contribution < 1.29 is 19.8 Å². The molecule has 0 spiro atoms. The number of amides is 1. The SMILES string of the molecule is Cc1cc(C(=O)N[C@H](C(=O)O)C(C)C)ccc1O. The Morgan fingerprint density at radius 1 is 1.28 bits per heavy atom. The van der Waals surface area contributed by atoms with Crippen LogP contribution >= 0.6 is 0 Å². The lowest BCUT2D eigenvalue weighted by Gasteiger charge is -2.18. The van der Waals surface area contributed by atoms with Crippen LogP contribution in [0.4, 0.5) is 0 Å². The number of aromatic hydroxyl groups is 1. The number of carboxylic acids is 1. The van der Waals surface area contributed by atoms with E-state index >= 15 is 0 Å². The molecule has 98 valence electrons. The van der Waals surface area contributed by atoms with Gasteiger partial charge in [0.2, 0.25) is 0 Å². The molecule has 0 heterocycles. The first-order valence-corrected chi connectivity index (χ1v) is 5.66. The standard InChI is InChI=1S/C13H17NO4/c1-7(2)11(13(17)18)14-12(16)9-4-5-10(15)8(3)6-9/h4-7,11,15H,1-3H3,(H,14,16)(H,17,18)/t11-/m0/s1. The lowest BCUT2D eigenvalue weighted by Crippen LogP contribution is -2.44. The molecule has 1 rings (SSSR count). The van der Waals surface area contributed by atoms with Gasteiger partial charge in [-0.3, -0.25) is 4.79 Å². The van der Waals surface area contributed by atoms with E-state index in [4.69, 9.17) is 5.11 Å². The molecule has 0 saturated carbocycles. The van der Waals surface area contributed by atoms with E-state index in [1.807, 2.05) is 0 Å². The van der Waals surface area contributed by atoms with Crippen LogP contribution in [0.1, 0.15) is 29.8 Å². The van der Waals surface area contributed by atoms with E-state index in [9.17, 15) is 14.7 Å². The van der Waals surface area contributed by atoms with Gasteiger partial charge in [-0.05, 0) is 36.6 Å². The summed E-state index contributed by atoms with van der Waals surface area (Å²) in [6.07, 6.45) is 0. The third-order valence-electron chi connectivity index (χ3n) is 2.68. The fourth-order valence-corrected chi connectivity index (χ4v) is 1.53. The van der Waals surface area contributed by atoms with E-state index in [-0.39, 0.29) is 11.7 Å². The lowest BCUT2D eigenvalue weighted by atomic mass is 10.0. The molecule has 1 amide bonds. The molecule has 1 atom stereocenters. The molecule has 0 bridgehead atoms. The average Bonchev–Trinajstić information content (AvgIpc) is 2.28. The summed E-state index contributed by atoms with van der Waals surface area (Å²) in [5, 5.41) is 20.8. The number of rotatable bonds is 4. The van der Waals surface area contributed by atoms with Crippen LogP contribution in [0.2, 0.25) is 0 Å². The van der Waals surface area contributed by atoms with E-state index in [1.54, 1.807) is 20.8 Å². The number of carbonyl (C=O) groups excluding carboxylic acids is 1. The van der Waals surface area contributed by atoms with Gasteiger partial charge >= 0.3 is 5.97 Å². The molecule has 0 saturated heterocycles. The second kappa shape index (κ2) is 5.53. The summed E-state index contributed by atoms with van der Waals surface area (Å²) in [4.78, 5) is 22.8. The molecule has 0 unspecified atom stereocenters. The topological polar surface area (TPSA) is 86.6 Å². The van der Waals surface area contributed by atoms with Gasteiger partial charge in [-0.1, -0.05) is 13.8 Å². The third-order valence-corrected chi connectivity index (χ3v) is 2.68. The second-order valence-corrected chi connectivity index (χ2v) is 4.53. The number of hydrogen-bond donors (Lipinski definition) is 3.